The van der Waals surface area contributed by atoms with Gasteiger partial charge in [-0.1, -0.05) is 36.4 Å². The van der Waals surface area contributed by atoms with Crippen molar-refractivity contribution in [3.8, 4) is 0 Å². The maximum Gasteiger partial charge on any atom is 0.345 e. The van der Waals surface area contributed by atoms with Crippen molar-refractivity contribution in [2.75, 3.05) is 18.5 Å². The van der Waals surface area contributed by atoms with Gasteiger partial charge in [-0.15, -0.1) is 11.3 Å². The lowest BCUT2D eigenvalue weighted by Crippen LogP contribution is -2.39. The predicted molar refractivity (Wildman–Crippen MR) is 121 cm³/mol. The van der Waals surface area contributed by atoms with Crippen LogP contribution in [0.2, 0.25) is 0 Å². The summed E-state index contributed by atoms with van der Waals surface area (Å²) in [5, 5.41) is 4.97. The van der Waals surface area contributed by atoms with Gasteiger partial charge in [0.1, 0.15) is 11.6 Å². The first-order valence-corrected chi connectivity index (χ1v) is 11.0. The average molecular weight is 452 g/mol. The molecule has 1 aliphatic rings. The predicted octanol–water partition coefficient (Wildman–Crippen LogP) is 3.47. The minimum Gasteiger partial charge on any atom is -0.463 e. The molecule has 1 atom stereocenters. The summed E-state index contributed by atoms with van der Waals surface area (Å²) in [7, 11) is 0. The molecular weight excluding hydrogens is 430 g/mol. The van der Waals surface area contributed by atoms with Crippen molar-refractivity contribution in [2.24, 2.45) is 0 Å². The van der Waals surface area contributed by atoms with Gasteiger partial charge in [-0.2, -0.15) is 0 Å². The minimum absolute atomic E-state index is 0.124. The number of ether oxygens (including phenoxy) is 2. The highest BCUT2D eigenvalue weighted by atomic mass is 32.1. The summed E-state index contributed by atoms with van der Waals surface area (Å²) < 4.78 is 11.7. The maximum atomic E-state index is 13.4. The van der Waals surface area contributed by atoms with Crippen molar-refractivity contribution in [1.82, 2.24) is 9.55 Å². The lowest BCUT2D eigenvalue weighted by atomic mass is 9.96. The molecule has 0 fully saturated rings. The molecule has 3 heterocycles. The quantitative estimate of drug-likeness (QED) is 0.573. The Hall–Kier alpha value is -3.72. The average Bonchev–Trinajstić information content (AvgIpc) is 3.33. The van der Waals surface area contributed by atoms with E-state index in [1.807, 2.05) is 47.8 Å². The highest BCUT2D eigenvalue weighted by Crippen LogP contribution is 2.39. The van der Waals surface area contributed by atoms with Crippen molar-refractivity contribution in [3.05, 3.63) is 86.0 Å². The molecule has 1 aliphatic heterocycles. The first-order chi connectivity index (χ1) is 15.6. The second-order valence-corrected chi connectivity index (χ2v) is 7.79. The van der Waals surface area contributed by atoms with Crippen molar-refractivity contribution in [3.63, 3.8) is 0 Å². The number of benzene rings is 1. The fourth-order valence-electron chi connectivity index (χ4n) is 3.57. The van der Waals surface area contributed by atoms with Crippen LogP contribution in [-0.2, 0) is 14.3 Å². The second kappa shape index (κ2) is 9.19. The van der Waals surface area contributed by atoms with Gasteiger partial charge in [0.15, 0.2) is 0 Å². The molecule has 0 saturated carbocycles. The molecule has 4 rings (SSSR count). The van der Waals surface area contributed by atoms with Gasteiger partial charge in [-0.05, 0) is 30.9 Å². The van der Waals surface area contributed by atoms with Gasteiger partial charge in [0.25, 0.3) is 5.56 Å². The van der Waals surface area contributed by atoms with E-state index in [1.165, 1.54) is 22.1 Å². The molecule has 1 N–H and O–H groups in total. The molecule has 1 aromatic carbocycles. The van der Waals surface area contributed by atoms with Crippen LogP contribution in [0.5, 0.6) is 0 Å². The van der Waals surface area contributed by atoms with E-state index in [1.54, 1.807) is 13.8 Å². The molecule has 0 radical (unpaired) electrons. The molecule has 32 heavy (non-hydrogen) atoms. The normalized spacial score (nSPS) is 15.0. The maximum absolute atomic E-state index is 13.4. The zero-order valence-corrected chi connectivity index (χ0v) is 18.3. The number of nitrogens with one attached hydrogen (secondary N) is 1. The molecule has 0 aliphatic carbocycles. The third kappa shape index (κ3) is 3.82. The number of thiophene rings is 1. The summed E-state index contributed by atoms with van der Waals surface area (Å²) >= 11 is 1.39. The molecule has 164 valence electrons. The molecule has 0 spiro atoms. The smallest absolute Gasteiger partial charge is 0.345 e. The summed E-state index contributed by atoms with van der Waals surface area (Å²) in [5.41, 5.74) is 0.696. The van der Waals surface area contributed by atoms with Crippen LogP contribution >= 0.6 is 11.3 Å². The third-order valence-electron chi connectivity index (χ3n) is 4.90. The molecule has 0 bridgehead atoms. The van der Waals surface area contributed by atoms with Crippen LogP contribution in [0.25, 0.3) is 5.70 Å². The van der Waals surface area contributed by atoms with Gasteiger partial charge < -0.3 is 14.8 Å². The number of fused-ring (bicyclic) bond motifs is 1. The van der Waals surface area contributed by atoms with Gasteiger partial charge in [0.05, 0.1) is 30.7 Å². The van der Waals surface area contributed by atoms with Crippen molar-refractivity contribution < 1.29 is 19.1 Å². The van der Waals surface area contributed by atoms with Crippen LogP contribution in [0.1, 0.15) is 40.7 Å². The first kappa shape index (κ1) is 21.5. The molecule has 2 aromatic heterocycles. The van der Waals surface area contributed by atoms with Gasteiger partial charge >= 0.3 is 11.9 Å². The lowest BCUT2D eigenvalue weighted by molar-refractivity contribution is -0.138. The Bertz CT molecular complexity index is 1230. The summed E-state index contributed by atoms with van der Waals surface area (Å²) in [6.45, 7) is 3.67. The molecule has 1 unspecified atom stereocenters. The molecular formula is C23H21N3O5S. The second-order valence-electron chi connectivity index (χ2n) is 6.81. The Morgan fingerprint density at radius 3 is 2.44 bits per heavy atom. The minimum atomic E-state index is -0.824. The van der Waals surface area contributed by atoms with E-state index < -0.39 is 23.5 Å². The zero-order valence-electron chi connectivity index (χ0n) is 17.5. The Kier molecular flexibility index (Phi) is 6.18. The Morgan fingerprint density at radius 1 is 1.06 bits per heavy atom. The molecule has 9 heteroatoms. The Morgan fingerprint density at radius 2 is 1.78 bits per heavy atom. The van der Waals surface area contributed by atoms with E-state index in [4.69, 9.17) is 9.47 Å². The van der Waals surface area contributed by atoms with Crippen LogP contribution in [-0.4, -0.2) is 34.7 Å². The van der Waals surface area contributed by atoms with E-state index in [-0.39, 0.29) is 30.3 Å². The number of hydrogen-bond acceptors (Lipinski definition) is 8. The monoisotopic (exact) mass is 451 g/mol. The van der Waals surface area contributed by atoms with Crippen LogP contribution in [0.3, 0.4) is 0 Å². The van der Waals surface area contributed by atoms with Crippen LogP contribution < -0.4 is 10.9 Å². The SMILES string of the molecule is CCOC(=O)C1=C(c2ccccc2)Nc2ncc(C(=O)OCC)c(=O)n2C1c1cccs1. The van der Waals surface area contributed by atoms with Crippen molar-refractivity contribution in [1.29, 1.82) is 0 Å². The van der Waals surface area contributed by atoms with Crippen molar-refractivity contribution in [2.45, 2.75) is 19.9 Å². The van der Waals surface area contributed by atoms with Gasteiger partial charge in [0.2, 0.25) is 5.95 Å². The fraction of sp³-hybridized carbons (Fsp3) is 0.217. The standard InChI is InChI=1S/C23H21N3O5S/c1-3-30-21(28)15-13-24-23-25-18(14-9-6-5-7-10-14)17(22(29)31-4-2)19(26(23)20(15)27)16-11-8-12-32-16/h5-13,19H,3-4H2,1-2H3,(H,24,25). The molecule has 3 aromatic rings. The first-order valence-electron chi connectivity index (χ1n) is 10.1. The number of nitrogens with zero attached hydrogens (tertiary/aromatic N) is 2. The molecule has 0 amide bonds. The molecule has 0 saturated heterocycles. The number of anilines is 1. The van der Waals surface area contributed by atoms with E-state index in [2.05, 4.69) is 10.3 Å². The summed E-state index contributed by atoms with van der Waals surface area (Å²) in [6.07, 6.45) is 1.20. The van der Waals surface area contributed by atoms with Crippen molar-refractivity contribution >= 4 is 34.9 Å². The number of esters is 2. The third-order valence-corrected chi connectivity index (χ3v) is 5.82. The summed E-state index contributed by atoms with van der Waals surface area (Å²) in [6, 6.07) is 12.1. The Balaban J connectivity index is 2.01. The summed E-state index contributed by atoms with van der Waals surface area (Å²) in [5.74, 6) is -1.11. The van der Waals surface area contributed by atoms with Crippen LogP contribution in [0.4, 0.5) is 5.95 Å². The van der Waals surface area contributed by atoms with E-state index in [0.29, 0.717) is 5.70 Å². The fourth-order valence-corrected chi connectivity index (χ4v) is 4.39. The lowest BCUT2D eigenvalue weighted by Gasteiger charge is -2.31. The zero-order chi connectivity index (χ0) is 22.7. The number of rotatable bonds is 6. The van der Waals surface area contributed by atoms with Gasteiger partial charge in [-0.25, -0.2) is 14.6 Å². The number of carbonyl (C=O) groups excluding carboxylic acids is 2. The number of aromatic nitrogens is 2. The Labute approximate surface area is 188 Å². The van der Waals surface area contributed by atoms with Crippen LogP contribution in [0, 0.1) is 0 Å². The number of carbonyl (C=O) groups is 2. The van der Waals surface area contributed by atoms with Gasteiger partial charge in [0, 0.05) is 4.88 Å². The van der Waals surface area contributed by atoms with Gasteiger partial charge in [-0.3, -0.25) is 9.36 Å². The largest absolute Gasteiger partial charge is 0.463 e. The van der Waals surface area contributed by atoms with E-state index in [9.17, 15) is 14.4 Å². The van der Waals surface area contributed by atoms with Crippen LogP contribution in [0.15, 0.2) is 64.4 Å². The highest BCUT2D eigenvalue weighted by Gasteiger charge is 2.37. The van der Waals surface area contributed by atoms with E-state index >= 15 is 0 Å². The molecule has 8 nitrogen and oxygen atoms in total. The summed E-state index contributed by atoms with van der Waals surface area (Å²) in [4.78, 5) is 44.0. The number of hydrogen-bond donors (Lipinski definition) is 1. The topological polar surface area (TPSA) is 99.5 Å². The highest BCUT2D eigenvalue weighted by molar-refractivity contribution is 7.10. The van der Waals surface area contributed by atoms with E-state index in [0.717, 1.165) is 10.4 Å².